The third-order valence-electron chi connectivity index (χ3n) is 5.68. The number of carbonyl (C=O) groups excluding carboxylic acids is 1. The molecule has 1 N–H and O–H groups in total. The standard InChI is InChI=1S/C26H30N2O4/c1-18(2)23-15-26(30)28(16-19-8-9-19)24-14-21(10-11-22(23)24)32-17-25(29)27-12-13-31-20-6-4-3-5-7-20/h3-7,10-11,14-15,18-19H,8-9,12-13,16-17H2,1-2H3,(H,27,29). The van der Waals surface area contributed by atoms with E-state index in [4.69, 9.17) is 9.47 Å². The van der Waals surface area contributed by atoms with Gasteiger partial charge in [0.1, 0.15) is 18.1 Å². The molecule has 6 heteroatoms. The van der Waals surface area contributed by atoms with Crippen LogP contribution in [0.25, 0.3) is 10.9 Å². The first kappa shape index (κ1) is 21.9. The second-order valence-electron chi connectivity index (χ2n) is 8.63. The number of ether oxygens (including phenoxy) is 2. The Labute approximate surface area is 188 Å². The minimum absolute atomic E-state index is 0.0291. The number of amides is 1. The van der Waals surface area contributed by atoms with Crippen LogP contribution in [-0.2, 0) is 11.3 Å². The van der Waals surface area contributed by atoms with Gasteiger partial charge in [-0.2, -0.15) is 0 Å². The van der Waals surface area contributed by atoms with Crippen LogP contribution in [0.1, 0.15) is 38.2 Å². The maximum atomic E-state index is 12.8. The minimum Gasteiger partial charge on any atom is -0.492 e. The van der Waals surface area contributed by atoms with Crippen molar-refractivity contribution >= 4 is 16.8 Å². The van der Waals surface area contributed by atoms with Crippen molar-refractivity contribution in [3.63, 3.8) is 0 Å². The van der Waals surface area contributed by atoms with Gasteiger partial charge in [0.05, 0.1) is 12.1 Å². The first-order valence-electron chi connectivity index (χ1n) is 11.3. The summed E-state index contributed by atoms with van der Waals surface area (Å²) >= 11 is 0. The number of pyridine rings is 1. The predicted molar refractivity (Wildman–Crippen MR) is 125 cm³/mol. The van der Waals surface area contributed by atoms with E-state index in [1.807, 2.05) is 53.1 Å². The third-order valence-corrected chi connectivity index (χ3v) is 5.68. The second-order valence-corrected chi connectivity index (χ2v) is 8.63. The maximum absolute atomic E-state index is 12.8. The number of para-hydroxylation sites is 1. The third kappa shape index (κ3) is 5.49. The number of fused-ring (bicyclic) bond motifs is 1. The molecule has 1 aliphatic carbocycles. The Morgan fingerprint density at radius 3 is 2.56 bits per heavy atom. The van der Waals surface area contributed by atoms with E-state index in [2.05, 4.69) is 19.2 Å². The van der Waals surface area contributed by atoms with Gasteiger partial charge in [-0.05, 0) is 54.5 Å². The van der Waals surface area contributed by atoms with Gasteiger partial charge in [0.2, 0.25) is 0 Å². The number of nitrogens with one attached hydrogen (secondary N) is 1. The lowest BCUT2D eigenvalue weighted by atomic mass is 9.98. The highest BCUT2D eigenvalue weighted by Crippen LogP contribution is 2.33. The number of hydrogen-bond donors (Lipinski definition) is 1. The molecule has 1 heterocycles. The molecule has 0 bridgehead atoms. The summed E-state index contributed by atoms with van der Waals surface area (Å²) in [7, 11) is 0. The molecule has 1 saturated carbocycles. The molecule has 0 radical (unpaired) electrons. The van der Waals surface area contributed by atoms with E-state index in [9.17, 15) is 9.59 Å². The molecular weight excluding hydrogens is 404 g/mol. The van der Waals surface area contributed by atoms with Crippen LogP contribution in [0.15, 0.2) is 59.4 Å². The zero-order valence-corrected chi connectivity index (χ0v) is 18.7. The first-order chi connectivity index (χ1) is 15.5. The van der Waals surface area contributed by atoms with Crippen LogP contribution in [0, 0.1) is 5.92 Å². The van der Waals surface area contributed by atoms with Crippen molar-refractivity contribution in [3.05, 3.63) is 70.5 Å². The Balaban J connectivity index is 1.39. The molecule has 0 saturated heterocycles. The lowest BCUT2D eigenvalue weighted by Crippen LogP contribution is -2.32. The van der Waals surface area contributed by atoms with Gasteiger partial charge in [0.15, 0.2) is 6.61 Å². The predicted octanol–water partition coefficient (Wildman–Crippen LogP) is 4.11. The van der Waals surface area contributed by atoms with Gasteiger partial charge in [0.25, 0.3) is 11.5 Å². The summed E-state index contributed by atoms with van der Waals surface area (Å²) in [5.41, 5.74) is 1.95. The fraction of sp³-hybridized carbons (Fsp3) is 0.385. The van der Waals surface area contributed by atoms with E-state index in [1.165, 1.54) is 12.8 Å². The van der Waals surface area contributed by atoms with Crippen LogP contribution in [0.5, 0.6) is 11.5 Å². The summed E-state index contributed by atoms with van der Waals surface area (Å²) in [5, 5.41) is 3.86. The van der Waals surface area contributed by atoms with Crippen molar-refractivity contribution in [3.8, 4) is 11.5 Å². The van der Waals surface area contributed by atoms with Crippen molar-refractivity contribution in [2.24, 2.45) is 5.92 Å². The van der Waals surface area contributed by atoms with Gasteiger partial charge in [-0.25, -0.2) is 0 Å². The van der Waals surface area contributed by atoms with Crippen LogP contribution < -0.4 is 20.3 Å². The number of rotatable bonds is 10. The van der Waals surface area contributed by atoms with E-state index in [0.29, 0.717) is 24.8 Å². The summed E-state index contributed by atoms with van der Waals surface area (Å²) in [4.78, 5) is 25.0. The average Bonchev–Trinajstić information content (AvgIpc) is 3.62. The molecule has 1 aromatic heterocycles. The van der Waals surface area contributed by atoms with E-state index in [0.717, 1.165) is 28.8 Å². The summed E-state index contributed by atoms with van der Waals surface area (Å²) < 4.78 is 13.2. The smallest absolute Gasteiger partial charge is 0.258 e. The quantitative estimate of drug-likeness (QED) is 0.488. The van der Waals surface area contributed by atoms with Crippen molar-refractivity contribution in [2.45, 2.75) is 39.2 Å². The number of carbonyl (C=O) groups is 1. The van der Waals surface area contributed by atoms with Crippen LogP contribution in [0.3, 0.4) is 0 Å². The van der Waals surface area contributed by atoms with Gasteiger partial charge in [-0.15, -0.1) is 0 Å². The summed E-state index contributed by atoms with van der Waals surface area (Å²) in [6, 6.07) is 17.0. The first-order valence-corrected chi connectivity index (χ1v) is 11.3. The maximum Gasteiger partial charge on any atom is 0.258 e. The Morgan fingerprint density at radius 2 is 1.84 bits per heavy atom. The number of nitrogens with zero attached hydrogens (tertiary/aromatic N) is 1. The zero-order valence-electron chi connectivity index (χ0n) is 18.7. The van der Waals surface area contributed by atoms with Gasteiger partial charge < -0.3 is 19.4 Å². The zero-order chi connectivity index (χ0) is 22.5. The molecule has 4 rings (SSSR count). The SMILES string of the molecule is CC(C)c1cc(=O)n(CC2CC2)c2cc(OCC(=O)NCCOc3ccccc3)ccc12. The van der Waals surface area contributed by atoms with Crippen molar-refractivity contribution in [2.75, 3.05) is 19.8 Å². The van der Waals surface area contributed by atoms with Gasteiger partial charge in [-0.1, -0.05) is 32.0 Å². The lowest BCUT2D eigenvalue weighted by molar-refractivity contribution is -0.123. The Morgan fingerprint density at radius 1 is 1.06 bits per heavy atom. The molecule has 2 aromatic carbocycles. The monoisotopic (exact) mass is 434 g/mol. The molecule has 6 nitrogen and oxygen atoms in total. The molecular formula is C26H30N2O4. The van der Waals surface area contributed by atoms with E-state index in [-0.39, 0.29) is 24.0 Å². The Bertz CT molecular complexity index is 1130. The van der Waals surface area contributed by atoms with Crippen molar-refractivity contribution in [1.82, 2.24) is 9.88 Å². The summed E-state index contributed by atoms with van der Waals surface area (Å²) in [6.45, 7) is 5.61. The average molecular weight is 435 g/mol. The van der Waals surface area contributed by atoms with Crippen LogP contribution in [0.4, 0.5) is 0 Å². The topological polar surface area (TPSA) is 69.6 Å². The van der Waals surface area contributed by atoms with Crippen LogP contribution in [0.2, 0.25) is 0 Å². The molecule has 168 valence electrons. The molecule has 0 spiro atoms. The molecule has 3 aromatic rings. The number of aromatic nitrogens is 1. The molecule has 0 aliphatic heterocycles. The lowest BCUT2D eigenvalue weighted by Gasteiger charge is -2.16. The van der Waals surface area contributed by atoms with Crippen molar-refractivity contribution < 1.29 is 14.3 Å². The van der Waals surface area contributed by atoms with Gasteiger partial charge in [0, 0.05) is 24.1 Å². The van der Waals surface area contributed by atoms with Crippen LogP contribution >= 0.6 is 0 Å². The van der Waals surface area contributed by atoms with Crippen LogP contribution in [-0.4, -0.2) is 30.2 Å². The van der Waals surface area contributed by atoms with Gasteiger partial charge in [-0.3, -0.25) is 9.59 Å². The van der Waals surface area contributed by atoms with E-state index < -0.39 is 0 Å². The summed E-state index contributed by atoms with van der Waals surface area (Å²) in [6.07, 6.45) is 2.34. The highest BCUT2D eigenvalue weighted by atomic mass is 16.5. The van der Waals surface area contributed by atoms with Crippen molar-refractivity contribution in [1.29, 1.82) is 0 Å². The molecule has 1 aliphatic rings. The Hall–Kier alpha value is -3.28. The molecule has 32 heavy (non-hydrogen) atoms. The second kappa shape index (κ2) is 9.90. The molecule has 1 fully saturated rings. The molecule has 0 atom stereocenters. The van der Waals surface area contributed by atoms with E-state index >= 15 is 0 Å². The largest absolute Gasteiger partial charge is 0.492 e. The fourth-order valence-corrected chi connectivity index (χ4v) is 3.78. The molecule has 1 amide bonds. The highest BCUT2D eigenvalue weighted by Gasteiger charge is 2.23. The van der Waals surface area contributed by atoms with Gasteiger partial charge >= 0.3 is 0 Å². The normalized spacial score (nSPS) is 13.3. The van der Waals surface area contributed by atoms with E-state index in [1.54, 1.807) is 6.07 Å². The highest BCUT2D eigenvalue weighted by molar-refractivity contribution is 5.84. The minimum atomic E-state index is -0.215. The fourth-order valence-electron chi connectivity index (χ4n) is 3.78. The Kier molecular flexibility index (Phi) is 6.78. The summed E-state index contributed by atoms with van der Waals surface area (Å²) in [5.74, 6) is 1.96. The number of benzene rings is 2. The number of hydrogen-bond acceptors (Lipinski definition) is 4. The molecule has 0 unspecified atom stereocenters.